The van der Waals surface area contributed by atoms with E-state index in [1.807, 2.05) is 0 Å². The van der Waals surface area contributed by atoms with Gasteiger partial charge in [-0.3, -0.25) is 4.79 Å². The van der Waals surface area contributed by atoms with E-state index in [1.54, 1.807) is 4.90 Å². The van der Waals surface area contributed by atoms with Gasteiger partial charge in [-0.25, -0.2) is 4.79 Å². The number of carbonyl (C=O) groups is 2. The van der Waals surface area contributed by atoms with Gasteiger partial charge in [-0.05, 0) is 12.8 Å². The van der Waals surface area contributed by atoms with Gasteiger partial charge in [0, 0.05) is 26.1 Å². The lowest BCUT2D eigenvalue weighted by molar-refractivity contribution is -0.131. The first-order chi connectivity index (χ1) is 6.09. The van der Waals surface area contributed by atoms with Crippen LogP contribution in [0, 0.1) is 0 Å². The maximum atomic E-state index is 10.9. The molecule has 1 saturated heterocycles. The highest BCUT2D eigenvalue weighted by atomic mass is 16.4. The second-order valence-corrected chi connectivity index (χ2v) is 3.15. The average molecular weight is 183 g/mol. The monoisotopic (exact) mass is 183 g/mol. The van der Waals surface area contributed by atoms with Crippen LogP contribution >= 0.6 is 0 Å². The van der Waals surface area contributed by atoms with Crippen molar-refractivity contribution in [3.8, 4) is 0 Å². The Balaban J connectivity index is 2.48. The first-order valence-electron chi connectivity index (χ1n) is 4.27. The van der Waals surface area contributed by atoms with E-state index < -0.39 is 5.97 Å². The zero-order valence-electron chi connectivity index (χ0n) is 7.62. The number of amides is 1. The van der Waals surface area contributed by atoms with Crippen LogP contribution in [-0.4, -0.2) is 35.0 Å². The summed E-state index contributed by atoms with van der Waals surface area (Å²) in [6.07, 6.45) is 2.62. The Labute approximate surface area is 76.8 Å². The summed E-state index contributed by atoms with van der Waals surface area (Å²) in [7, 11) is 0. The summed E-state index contributed by atoms with van der Waals surface area (Å²) in [6.45, 7) is 2.83. The van der Waals surface area contributed by atoms with E-state index in [0.717, 1.165) is 5.57 Å². The second-order valence-electron chi connectivity index (χ2n) is 3.15. The normalized spacial score (nSPS) is 17.0. The Kier molecular flexibility index (Phi) is 3.06. The number of aliphatic carboxylic acids is 1. The van der Waals surface area contributed by atoms with Crippen molar-refractivity contribution < 1.29 is 14.7 Å². The lowest BCUT2D eigenvalue weighted by Gasteiger charge is -2.26. The molecule has 0 unspecified atom stereocenters. The highest BCUT2D eigenvalue weighted by Crippen LogP contribution is 2.15. The maximum absolute atomic E-state index is 10.9. The molecule has 1 N–H and O–H groups in total. The zero-order chi connectivity index (χ0) is 9.84. The van der Waals surface area contributed by atoms with E-state index in [1.165, 1.54) is 13.0 Å². The van der Waals surface area contributed by atoms with Gasteiger partial charge in [-0.1, -0.05) is 5.57 Å². The SMILES string of the molecule is CC(=O)N1CCC(=CC(=O)O)CC1. The van der Waals surface area contributed by atoms with Crippen LogP contribution in [0.1, 0.15) is 19.8 Å². The maximum Gasteiger partial charge on any atom is 0.328 e. The fourth-order valence-electron chi connectivity index (χ4n) is 1.43. The quantitative estimate of drug-likeness (QED) is 0.607. The number of carboxylic acid groups (broad SMARTS) is 1. The summed E-state index contributed by atoms with van der Waals surface area (Å²) in [6, 6.07) is 0. The van der Waals surface area contributed by atoms with E-state index in [0.29, 0.717) is 25.9 Å². The highest BCUT2D eigenvalue weighted by molar-refractivity contribution is 5.80. The predicted octanol–water partition coefficient (Wildman–Crippen LogP) is 0.640. The van der Waals surface area contributed by atoms with Gasteiger partial charge in [0.25, 0.3) is 0 Å². The van der Waals surface area contributed by atoms with E-state index in [2.05, 4.69) is 0 Å². The third-order valence-corrected chi connectivity index (χ3v) is 2.18. The van der Waals surface area contributed by atoms with E-state index in [4.69, 9.17) is 5.11 Å². The fraction of sp³-hybridized carbons (Fsp3) is 0.556. The largest absolute Gasteiger partial charge is 0.478 e. The molecule has 0 saturated carbocycles. The van der Waals surface area contributed by atoms with Crippen molar-refractivity contribution >= 4 is 11.9 Å². The molecule has 0 aromatic heterocycles. The van der Waals surface area contributed by atoms with Crippen molar-refractivity contribution in [2.24, 2.45) is 0 Å². The Morgan fingerprint density at radius 3 is 2.31 bits per heavy atom. The van der Waals surface area contributed by atoms with Crippen molar-refractivity contribution in [2.75, 3.05) is 13.1 Å². The van der Waals surface area contributed by atoms with Crippen LogP contribution < -0.4 is 0 Å². The first kappa shape index (κ1) is 9.77. The molecule has 1 aliphatic heterocycles. The molecule has 1 amide bonds. The molecule has 0 bridgehead atoms. The molecule has 13 heavy (non-hydrogen) atoms. The number of piperidine rings is 1. The minimum absolute atomic E-state index is 0.0642. The number of hydrogen-bond acceptors (Lipinski definition) is 2. The molecule has 0 radical (unpaired) electrons. The minimum Gasteiger partial charge on any atom is -0.478 e. The molecular weight excluding hydrogens is 170 g/mol. The molecule has 1 fully saturated rings. The molecule has 4 heteroatoms. The Morgan fingerprint density at radius 1 is 1.38 bits per heavy atom. The number of carbonyl (C=O) groups excluding carboxylic acids is 1. The van der Waals surface area contributed by atoms with Gasteiger partial charge in [0.05, 0.1) is 0 Å². The van der Waals surface area contributed by atoms with Crippen molar-refractivity contribution in [2.45, 2.75) is 19.8 Å². The number of hydrogen-bond donors (Lipinski definition) is 1. The number of nitrogens with zero attached hydrogens (tertiary/aromatic N) is 1. The number of rotatable bonds is 1. The summed E-state index contributed by atoms with van der Waals surface area (Å²) >= 11 is 0. The van der Waals surface area contributed by atoms with Gasteiger partial charge in [-0.15, -0.1) is 0 Å². The topological polar surface area (TPSA) is 57.6 Å². The molecule has 1 heterocycles. The van der Waals surface area contributed by atoms with Crippen LogP contribution in [0.2, 0.25) is 0 Å². The summed E-state index contributed by atoms with van der Waals surface area (Å²) in [5.41, 5.74) is 0.921. The van der Waals surface area contributed by atoms with Crippen LogP contribution in [-0.2, 0) is 9.59 Å². The lowest BCUT2D eigenvalue weighted by atomic mass is 10.0. The minimum atomic E-state index is -0.897. The predicted molar refractivity (Wildman–Crippen MR) is 47.2 cm³/mol. The molecule has 0 aliphatic carbocycles. The molecule has 0 aromatic carbocycles. The van der Waals surface area contributed by atoms with Crippen LogP contribution in [0.5, 0.6) is 0 Å². The summed E-state index contributed by atoms with van der Waals surface area (Å²) in [5, 5.41) is 8.48. The molecular formula is C9H13NO3. The van der Waals surface area contributed by atoms with E-state index in [-0.39, 0.29) is 5.91 Å². The third kappa shape index (κ3) is 2.89. The van der Waals surface area contributed by atoms with Gasteiger partial charge in [0.15, 0.2) is 0 Å². The van der Waals surface area contributed by atoms with Gasteiger partial charge in [0.1, 0.15) is 0 Å². The molecule has 0 spiro atoms. The van der Waals surface area contributed by atoms with Gasteiger partial charge in [0.2, 0.25) is 5.91 Å². The summed E-state index contributed by atoms with van der Waals surface area (Å²) in [5.74, 6) is -0.833. The van der Waals surface area contributed by atoms with Crippen LogP contribution in [0.4, 0.5) is 0 Å². The molecule has 72 valence electrons. The first-order valence-corrected chi connectivity index (χ1v) is 4.27. The second kappa shape index (κ2) is 4.07. The van der Waals surface area contributed by atoms with Crippen LogP contribution in [0.3, 0.4) is 0 Å². The van der Waals surface area contributed by atoms with Crippen molar-refractivity contribution in [3.05, 3.63) is 11.6 Å². The molecule has 4 nitrogen and oxygen atoms in total. The number of likely N-dealkylation sites (tertiary alicyclic amines) is 1. The third-order valence-electron chi connectivity index (χ3n) is 2.18. The van der Waals surface area contributed by atoms with Gasteiger partial charge in [-0.2, -0.15) is 0 Å². The van der Waals surface area contributed by atoms with Crippen molar-refractivity contribution in [1.29, 1.82) is 0 Å². The fourth-order valence-corrected chi connectivity index (χ4v) is 1.43. The summed E-state index contributed by atoms with van der Waals surface area (Å²) in [4.78, 5) is 23.0. The average Bonchev–Trinajstić information content (AvgIpc) is 2.04. The molecule has 0 aromatic rings. The highest BCUT2D eigenvalue weighted by Gasteiger charge is 2.15. The van der Waals surface area contributed by atoms with Gasteiger partial charge < -0.3 is 10.0 Å². The van der Waals surface area contributed by atoms with E-state index >= 15 is 0 Å². The van der Waals surface area contributed by atoms with Gasteiger partial charge >= 0.3 is 5.97 Å². The van der Waals surface area contributed by atoms with Crippen LogP contribution in [0.15, 0.2) is 11.6 Å². The lowest BCUT2D eigenvalue weighted by Crippen LogP contribution is -2.34. The summed E-state index contributed by atoms with van der Waals surface area (Å²) < 4.78 is 0. The smallest absolute Gasteiger partial charge is 0.328 e. The zero-order valence-corrected chi connectivity index (χ0v) is 7.62. The Hall–Kier alpha value is -1.32. The Morgan fingerprint density at radius 2 is 1.92 bits per heavy atom. The van der Waals surface area contributed by atoms with Crippen molar-refractivity contribution in [3.63, 3.8) is 0 Å². The molecule has 1 aliphatic rings. The molecule has 1 rings (SSSR count). The van der Waals surface area contributed by atoms with Crippen LogP contribution in [0.25, 0.3) is 0 Å². The molecule has 0 atom stereocenters. The Bertz CT molecular complexity index is 248. The van der Waals surface area contributed by atoms with Crippen molar-refractivity contribution in [1.82, 2.24) is 4.90 Å². The van der Waals surface area contributed by atoms with E-state index in [9.17, 15) is 9.59 Å². The standard InChI is InChI=1S/C9H13NO3/c1-7(11)10-4-2-8(3-5-10)6-9(12)13/h6H,2-5H2,1H3,(H,12,13). The number of carboxylic acids is 1.